The van der Waals surface area contributed by atoms with E-state index >= 15 is 0 Å². The molecule has 1 saturated heterocycles. The Bertz CT molecular complexity index is 137. The molecule has 0 aromatic heterocycles. The van der Waals surface area contributed by atoms with E-state index in [4.69, 9.17) is 0 Å². The first-order chi connectivity index (χ1) is 5.86. The molecule has 1 atom stereocenters. The summed E-state index contributed by atoms with van der Waals surface area (Å²) < 4.78 is 0. The van der Waals surface area contributed by atoms with Crippen LogP contribution in [0.5, 0.6) is 0 Å². The Morgan fingerprint density at radius 3 is 2.58 bits per heavy atom. The molecular weight excluding hydrogens is 148 g/mol. The molecule has 1 saturated carbocycles. The molecule has 2 aliphatic rings. The van der Waals surface area contributed by atoms with Crippen molar-refractivity contribution in [3.05, 3.63) is 0 Å². The zero-order valence-corrected chi connectivity index (χ0v) is 8.05. The lowest BCUT2D eigenvalue weighted by Crippen LogP contribution is -2.43. The molecule has 1 aliphatic carbocycles. The fraction of sp³-hybridized carbons (Fsp3) is 1.00. The second-order valence-corrected chi connectivity index (χ2v) is 4.32. The minimum Gasteiger partial charge on any atom is -0.313 e. The van der Waals surface area contributed by atoms with Crippen LogP contribution in [0.25, 0.3) is 0 Å². The molecule has 0 amide bonds. The van der Waals surface area contributed by atoms with Crippen LogP contribution in [-0.2, 0) is 0 Å². The van der Waals surface area contributed by atoms with E-state index in [1.807, 2.05) is 0 Å². The second kappa shape index (κ2) is 3.75. The van der Waals surface area contributed by atoms with E-state index in [1.54, 1.807) is 0 Å². The van der Waals surface area contributed by atoms with Crippen molar-refractivity contribution in [3.8, 4) is 0 Å². The van der Waals surface area contributed by atoms with Crippen molar-refractivity contribution in [1.29, 1.82) is 0 Å². The largest absolute Gasteiger partial charge is 0.313 e. The number of hydrogen-bond donors (Lipinski definition) is 1. The lowest BCUT2D eigenvalue weighted by molar-refractivity contribution is 0.148. The molecule has 70 valence electrons. The van der Waals surface area contributed by atoms with Crippen LogP contribution in [0.4, 0.5) is 0 Å². The van der Waals surface area contributed by atoms with Crippen molar-refractivity contribution < 1.29 is 0 Å². The van der Waals surface area contributed by atoms with Crippen molar-refractivity contribution in [3.63, 3.8) is 0 Å². The van der Waals surface area contributed by atoms with Crippen LogP contribution in [0, 0.1) is 0 Å². The summed E-state index contributed by atoms with van der Waals surface area (Å²) in [5, 5.41) is 3.55. The van der Waals surface area contributed by atoms with Crippen molar-refractivity contribution >= 4 is 0 Å². The summed E-state index contributed by atoms with van der Waals surface area (Å²) in [5.74, 6) is 0. The third-order valence-corrected chi connectivity index (χ3v) is 3.37. The zero-order valence-electron chi connectivity index (χ0n) is 8.05. The van der Waals surface area contributed by atoms with Crippen molar-refractivity contribution in [1.82, 2.24) is 10.2 Å². The zero-order chi connectivity index (χ0) is 8.39. The molecule has 1 aliphatic heterocycles. The molecule has 0 bridgehead atoms. The average Bonchev–Trinajstić information content (AvgIpc) is 2.34. The minimum atomic E-state index is 0.788. The Morgan fingerprint density at radius 2 is 2.08 bits per heavy atom. The van der Waals surface area contributed by atoms with Crippen LogP contribution in [0.15, 0.2) is 0 Å². The summed E-state index contributed by atoms with van der Waals surface area (Å²) in [7, 11) is 2.28. The molecule has 0 unspecified atom stereocenters. The summed E-state index contributed by atoms with van der Waals surface area (Å²) in [4.78, 5) is 2.55. The van der Waals surface area contributed by atoms with Crippen LogP contribution in [0.3, 0.4) is 0 Å². The van der Waals surface area contributed by atoms with Gasteiger partial charge in [-0.05, 0) is 39.3 Å². The molecule has 2 fully saturated rings. The normalized spacial score (nSPS) is 31.0. The van der Waals surface area contributed by atoms with E-state index in [9.17, 15) is 0 Å². The summed E-state index contributed by atoms with van der Waals surface area (Å²) in [6.07, 6.45) is 7.08. The molecule has 0 aromatic rings. The second-order valence-electron chi connectivity index (χ2n) is 4.32. The highest BCUT2D eigenvalue weighted by Gasteiger charge is 2.24. The number of nitrogens with zero attached hydrogens (tertiary/aromatic N) is 1. The highest BCUT2D eigenvalue weighted by molar-refractivity contribution is 4.83. The first-order valence-corrected chi connectivity index (χ1v) is 5.30. The van der Waals surface area contributed by atoms with Gasteiger partial charge < -0.3 is 10.2 Å². The van der Waals surface area contributed by atoms with Crippen molar-refractivity contribution in [2.45, 2.75) is 44.2 Å². The number of hydrogen-bond acceptors (Lipinski definition) is 2. The van der Waals surface area contributed by atoms with Gasteiger partial charge in [0.1, 0.15) is 0 Å². The fourth-order valence-electron chi connectivity index (χ4n) is 2.24. The third kappa shape index (κ3) is 1.80. The Kier molecular flexibility index (Phi) is 2.66. The van der Waals surface area contributed by atoms with E-state index in [0.717, 1.165) is 12.1 Å². The van der Waals surface area contributed by atoms with Crippen molar-refractivity contribution in [2.75, 3.05) is 20.1 Å². The van der Waals surface area contributed by atoms with Gasteiger partial charge in [-0.2, -0.15) is 0 Å². The van der Waals surface area contributed by atoms with E-state index in [2.05, 4.69) is 17.3 Å². The van der Waals surface area contributed by atoms with Gasteiger partial charge in [0.15, 0.2) is 0 Å². The van der Waals surface area contributed by atoms with Gasteiger partial charge in [-0.3, -0.25) is 0 Å². The Balaban J connectivity index is 1.69. The molecule has 0 spiro atoms. The summed E-state index contributed by atoms with van der Waals surface area (Å²) in [6.45, 7) is 2.51. The molecule has 2 heteroatoms. The van der Waals surface area contributed by atoms with Crippen LogP contribution in [0.2, 0.25) is 0 Å². The van der Waals surface area contributed by atoms with E-state index in [-0.39, 0.29) is 0 Å². The summed E-state index contributed by atoms with van der Waals surface area (Å²) >= 11 is 0. The van der Waals surface area contributed by atoms with Crippen LogP contribution < -0.4 is 5.32 Å². The van der Waals surface area contributed by atoms with Gasteiger partial charge in [0.25, 0.3) is 0 Å². The first-order valence-electron chi connectivity index (χ1n) is 5.30. The molecule has 0 aromatic carbocycles. The quantitative estimate of drug-likeness (QED) is 0.681. The summed E-state index contributed by atoms with van der Waals surface area (Å²) in [6, 6.07) is 1.70. The Labute approximate surface area is 75.3 Å². The SMILES string of the molecule is CN(C[C@@H]1CCCN1)C1CCC1. The lowest BCUT2D eigenvalue weighted by Gasteiger charge is -2.36. The van der Waals surface area contributed by atoms with Gasteiger partial charge in [0, 0.05) is 18.6 Å². The monoisotopic (exact) mass is 168 g/mol. The Hall–Kier alpha value is -0.0800. The van der Waals surface area contributed by atoms with E-state index in [0.29, 0.717) is 0 Å². The van der Waals surface area contributed by atoms with Gasteiger partial charge in [0.05, 0.1) is 0 Å². The maximum Gasteiger partial charge on any atom is 0.0195 e. The van der Waals surface area contributed by atoms with Gasteiger partial charge in [-0.15, -0.1) is 0 Å². The standard InChI is InChI=1S/C10H20N2/c1-12(10-5-2-6-10)8-9-4-3-7-11-9/h9-11H,2-8H2,1H3/t9-/m0/s1. The van der Waals surface area contributed by atoms with Crippen molar-refractivity contribution in [2.24, 2.45) is 0 Å². The van der Waals surface area contributed by atoms with Crippen LogP contribution in [0.1, 0.15) is 32.1 Å². The lowest BCUT2D eigenvalue weighted by atomic mass is 9.91. The number of nitrogens with one attached hydrogen (secondary N) is 1. The molecule has 12 heavy (non-hydrogen) atoms. The van der Waals surface area contributed by atoms with Gasteiger partial charge >= 0.3 is 0 Å². The van der Waals surface area contributed by atoms with Crippen LogP contribution in [-0.4, -0.2) is 37.1 Å². The fourth-order valence-corrected chi connectivity index (χ4v) is 2.24. The van der Waals surface area contributed by atoms with Gasteiger partial charge in [-0.1, -0.05) is 6.42 Å². The maximum atomic E-state index is 3.55. The maximum absolute atomic E-state index is 3.55. The molecule has 1 heterocycles. The Morgan fingerprint density at radius 1 is 1.25 bits per heavy atom. The number of likely N-dealkylation sites (N-methyl/N-ethyl adjacent to an activating group) is 1. The number of rotatable bonds is 3. The smallest absolute Gasteiger partial charge is 0.0195 e. The minimum absolute atomic E-state index is 0.788. The topological polar surface area (TPSA) is 15.3 Å². The molecule has 1 N–H and O–H groups in total. The molecule has 2 rings (SSSR count). The van der Waals surface area contributed by atoms with Gasteiger partial charge in [-0.25, -0.2) is 0 Å². The molecular formula is C10H20N2. The van der Waals surface area contributed by atoms with Gasteiger partial charge in [0.2, 0.25) is 0 Å². The van der Waals surface area contributed by atoms with E-state index < -0.39 is 0 Å². The van der Waals surface area contributed by atoms with Crippen LogP contribution >= 0.6 is 0 Å². The third-order valence-electron chi connectivity index (χ3n) is 3.37. The first kappa shape index (κ1) is 8.52. The van der Waals surface area contributed by atoms with E-state index in [1.165, 1.54) is 45.2 Å². The highest BCUT2D eigenvalue weighted by atomic mass is 15.2. The predicted molar refractivity (Wildman–Crippen MR) is 51.3 cm³/mol. The molecule has 2 nitrogen and oxygen atoms in total. The summed E-state index contributed by atoms with van der Waals surface area (Å²) in [5.41, 5.74) is 0. The predicted octanol–water partition coefficient (Wildman–Crippen LogP) is 1.22. The highest BCUT2D eigenvalue weighted by Crippen LogP contribution is 2.24. The average molecular weight is 168 g/mol. The molecule has 0 radical (unpaired) electrons.